The maximum absolute atomic E-state index is 11.8. The van der Waals surface area contributed by atoms with Gasteiger partial charge < -0.3 is 16.2 Å². The summed E-state index contributed by atoms with van der Waals surface area (Å²) >= 11 is 0. The Morgan fingerprint density at radius 1 is 1.42 bits per heavy atom. The first-order valence-corrected chi connectivity index (χ1v) is 6.18. The van der Waals surface area contributed by atoms with Gasteiger partial charge in [0.15, 0.2) is 11.6 Å². The SMILES string of the molecule is CC1(C)CC(=O)C(=CCNCC(N)C(=O)O)C(=O)C1. The van der Waals surface area contributed by atoms with E-state index in [1.807, 2.05) is 13.8 Å². The summed E-state index contributed by atoms with van der Waals surface area (Å²) in [5.41, 5.74) is 5.25. The summed E-state index contributed by atoms with van der Waals surface area (Å²) in [6.45, 7) is 4.13. The van der Waals surface area contributed by atoms with Crippen LogP contribution < -0.4 is 11.1 Å². The molecule has 1 aliphatic rings. The number of allylic oxidation sites excluding steroid dienone is 1. The van der Waals surface area contributed by atoms with Gasteiger partial charge in [-0.2, -0.15) is 0 Å². The van der Waals surface area contributed by atoms with Crippen LogP contribution in [0, 0.1) is 5.41 Å². The first-order chi connectivity index (χ1) is 8.73. The zero-order valence-corrected chi connectivity index (χ0v) is 11.2. The van der Waals surface area contributed by atoms with Gasteiger partial charge in [-0.25, -0.2) is 0 Å². The Hall–Kier alpha value is -1.53. The topological polar surface area (TPSA) is 109 Å². The van der Waals surface area contributed by atoms with Gasteiger partial charge in [0, 0.05) is 25.9 Å². The highest BCUT2D eigenvalue weighted by atomic mass is 16.4. The molecule has 0 spiro atoms. The Kier molecular flexibility index (Phi) is 4.97. The molecule has 0 bridgehead atoms. The summed E-state index contributed by atoms with van der Waals surface area (Å²) in [6, 6.07) is -0.991. The van der Waals surface area contributed by atoms with Crippen molar-refractivity contribution >= 4 is 17.5 Å². The van der Waals surface area contributed by atoms with E-state index >= 15 is 0 Å². The minimum absolute atomic E-state index is 0.0903. The van der Waals surface area contributed by atoms with Crippen LogP contribution in [0.4, 0.5) is 0 Å². The number of ketones is 2. The summed E-state index contributed by atoms with van der Waals surface area (Å²) in [4.78, 5) is 34.1. The van der Waals surface area contributed by atoms with E-state index in [4.69, 9.17) is 10.8 Å². The van der Waals surface area contributed by atoms with Gasteiger partial charge in [0.05, 0.1) is 5.57 Å². The Morgan fingerprint density at radius 3 is 2.42 bits per heavy atom. The number of hydrogen-bond acceptors (Lipinski definition) is 5. The van der Waals surface area contributed by atoms with Crippen molar-refractivity contribution in [2.24, 2.45) is 11.1 Å². The predicted molar refractivity (Wildman–Crippen MR) is 69.6 cm³/mol. The third kappa shape index (κ3) is 4.57. The average molecular weight is 268 g/mol. The third-order valence-electron chi connectivity index (χ3n) is 3.01. The quantitative estimate of drug-likeness (QED) is 0.364. The van der Waals surface area contributed by atoms with E-state index in [0.717, 1.165) is 0 Å². The molecule has 4 N–H and O–H groups in total. The van der Waals surface area contributed by atoms with Crippen LogP contribution >= 0.6 is 0 Å². The molecular formula is C13H20N2O4. The second-order valence-electron chi connectivity index (χ2n) is 5.58. The van der Waals surface area contributed by atoms with Crippen molar-refractivity contribution in [1.82, 2.24) is 5.32 Å². The van der Waals surface area contributed by atoms with E-state index < -0.39 is 12.0 Å². The fourth-order valence-electron chi connectivity index (χ4n) is 2.01. The number of aliphatic carboxylic acids is 1. The van der Waals surface area contributed by atoms with Crippen LogP contribution in [0.5, 0.6) is 0 Å². The molecule has 1 unspecified atom stereocenters. The van der Waals surface area contributed by atoms with Crippen LogP contribution in [0.3, 0.4) is 0 Å². The fourth-order valence-corrected chi connectivity index (χ4v) is 2.01. The molecule has 0 aromatic rings. The molecule has 106 valence electrons. The van der Waals surface area contributed by atoms with E-state index in [1.165, 1.54) is 6.08 Å². The van der Waals surface area contributed by atoms with Gasteiger partial charge in [0.25, 0.3) is 0 Å². The highest BCUT2D eigenvalue weighted by molar-refractivity contribution is 6.22. The van der Waals surface area contributed by atoms with Gasteiger partial charge in [0.2, 0.25) is 0 Å². The summed E-state index contributed by atoms with van der Waals surface area (Å²) in [5, 5.41) is 11.4. The maximum Gasteiger partial charge on any atom is 0.321 e. The molecule has 0 saturated heterocycles. The number of nitrogens with one attached hydrogen (secondary N) is 1. The third-order valence-corrected chi connectivity index (χ3v) is 3.01. The van der Waals surface area contributed by atoms with Crippen molar-refractivity contribution in [2.75, 3.05) is 13.1 Å². The molecule has 0 aliphatic heterocycles. The molecule has 0 aromatic carbocycles. The monoisotopic (exact) mass is 268 g/mol. The second-order valence-corrected chi connectivity index (χ2v) is 5.58. The van der Waals surface area contributed by atoms with E-state index in [1.54, 1.807) is 0 Å². The number of carboxylic acid groups (broad SMARTS) is 1. The van der Waals surface area contributed by atoms with Crippen molar-refractivity contribution in [3.63, 3.8) is 0 Å². The lowest BCUT2D eigenvalue weighted by atomic mass is 9.74. The van der Waals surface area contributed by atoms with Crippen LogP contribution in [0.1, 0.15) is 26.7 Å². The largest absolute Gasteiger partial charge is 0.480 e. The number of Topliss-reactive ketones (excluding diaryl/α,β-unsaturated/α-hetero) is 2. The van der Waals surface area contributed by atoms with E-state index in [-0.39, 0.29) is 35.6 Å². The van der Waals surface area contributed by atoms with Crippen LogP contribution in [0.25, 0.3) is 0 Å². The smallest absolute Gasteiger partial charge is 0.321 e. The highest BCUT2D eigenvalue weighted by Crippen LogP contribution is 2.33. The molecule has 0 heterocycles. The summed E-state index contributed by atoms with van der Waals surface area (Å²) in [5.74, 6) is -1.39. The van der Waals surface area contributed by atoms with E-state index in [9.17, 15) is 14.4 Å². The minimum atomic E-state index is -1.09. The van der Waals surface area contributed by atoms with Crippen molar-refractivity contribution in [2.45, 2.75) is 32.7 Å². The predicted octanol–water partition coefficient (Wildman–Crippen LogP) is -0.127. The molecular weight excluding hydrogens is 248 g/mol. The number of carbonyl (C=O) groups excluding carboxylic acids is 2. The number of carboxylic acids is 1. The van der Waals surface area contributed by atoms with Crippen LogP contribution in [0.2, 0.25) is 0 Å². The van der Waals surface area contributed by atoms with Gasteiger partial charge in [-0.3, -0.25) is 14.4 Å². The van der Waals surface area contributed by atoms with Gasteiger partial charge in [-0.05, 0) is 5.41 Å². The van der Waals surface area contributed by atoms with Crippen LogP contribution in [0.15, 0.2) is 11.6 Å². The lowest BCUT2D eigenvalue weighted by molar-refractivity contribution is -0.138. The zero-order chi connectivity index (χ0) is 14.6. The molecule has 1 fully saturated rings. The summed E-state index contributed by atoms with van der Waals surface area (Å²) in [7, 11) is 0. The lowest BCUT2D eigenvalue weighted by Gasteiger charge is -2.28. The molecule has 0 aromatic heterocycles. The van der Waals surface area contributed by atoms with Crippen molar-refractivity contribution in [3.8, 4) is 0 Å². The van der Waals surface area contributed by atoms with Gasteiger partial charge in [-0.1, -0.05) is 19.9 Å². The number of carbonyl (C=O) groups is 3. The maximum atomic E-state index is 11.8. The van der Waals surface area contributed by atoms with E-state index in [2.05, 4.69) is 5.32 Å². The second kappa shape index (κ2) is 6.08. The van der Waals surface area contributed by atoms with Gasteiger partial charge >= 0.3 is 5.97 Å². The van der Waals surface area contributed by atoms with Crippen molar-refractivity contribution in [1.29, 1.82) is 0 Å². The molecule has 1 saturated carbocycles. The Balaban J connectivity index is 2.51. The van der Waals surface area contributed by atoms with Crippen LogP contribution in [-0.4, -0.2) is 41.8 Å². The molecule has 1 aliphatic carbocycles. The lowest BCUT2D eigenvalue weighted by Crippen LogP contribution is -2.40. The summed E-state index contributed by atoms with van der Waals surface area (Å²) in [6.07, 6.45) is 2.24. The first-order valence-electron chi connectivity index (χ1n) is 6.18. The normalized spacial score (nSPS) is 20.3. The van der Waals surface area contributed by atoms with Crippen molar-refractivity contribution in [3.05, 3.63) is 11.6 Å². The molecule has 1 rings (SSSR count). The van der Waals surface area contributed by atoms with Crippen molar-refractivity contribution < 1.29 is 19.5 Å². The Labute approximate surface area is 112 Å². The molecule has 6 heteroatoms. The molecule has 19 heavy (non-hydrogen) atoms. The van der Waals surface area contributed by atoms with Gasteiger partial charge in [0.1, 0.15) is 6.04 Å². The number of hydrogen-bond donors (Lipinski definition) is 3. The highest BCUT2D eigenvalue weighted by Gasteiger charge is 2.35. The Bertz CT molecular complexity index is 404. The number of nitrogens with two attached hydrogens (primary N) is 1. The zero-order valence-electron chi connectivity index (χ0n) is 11.2. The fraction of sp³-hybridized carbons (Fsp3) is 0.615. The molecule has 0 amide bonds. The minimum Gasteiger partial charge on any atom is -0.480 e. The molecule has 1 atom stereocenters. The molecule has 0 radical (unpaired) electrons. The first kappa shape index (κ1) is 15.5. The van der Waals surface area contributed by atoms with Gasteiger partial charge in [-0.15, -0.1) is 0 Å². The standard InChI is InChI=1S/C13H20N2O4/c1-13(2)5-10(16)8(11(17)6-13)3-4-15-7-9(14)12(18)19/h3,9,15H,4-7,14H2,1-2H3,(H,18,19). The van der Waals surface area contributed by atoms with E-state index in [0.29, 0.717) is 12.8 Å². The number of rotatable bonds is 5. The molecule has 6 nitrogen and oxygen atoms in total. The summed E-state index contributed by atoms with van der Waals surface area (Å²) < 4.78 is 0. The average Bonchev–Trinajstić information content (AvgIpc) is 2.24. The van der Waals surface area contributed by atoms with Crippen LogP contribution in [-0.2, 0) is 14.4 Å². The Morgan fingerprint density at radius 2 is 1.95 bits per heavy atom.